The van der Waals surface area contributed by atoms with E-state index in [9.17, 15) is 4.79 Å². The summed E-state index contributed by atoms with van der Waals surface area (Å²) in [6.45, 7) is 4.40. The summed E-state index contributed by atoms with van der Waals surface area (Å²) in [6.07, 6.45) is 1.62. The highest BCUT2D eigenvalue weighted by Gasteiger charge is 2.23. The minimum Gasteiger partial charge on any atom is -0.493 e. The van der Waals surface area contributed by atoms with E-state index in [1.54, 1.807) is 0 Å². The number of benzene rings is 1. The lowest BCUT2D eigenvalue weighted by molar-refractivity contribution is 0.257. The Morgan fingerprint density at radius 3 is 3.00 bits per heavy atom. The van der Waals surface area contributed by atoms with Crippen LogP contribution in [-0.4, -0.2) is 16.6 Å². The Labute approximate surface area is 117 Å². The van der Waals surface area contributed by atoms with Crippen molar-refractivity contribution in [2.45, 2.75) is 32.6 Å². The molecule has 1 aromatic carbocycles. The van der Waals surface area contributed by atoms with Gasteiger partial charge >= 0.3 is 0 Å². The highest BCUT2D eigenvalue weighted by molar-refractivity contribution is 5.36. The summed E-state index contributed by atoms with van der Waals surface area (Å²) in [7, 11) is 0. The molecule has 2 heterocycles. The van der Waals surface area contributed by atoms with Crippen LogP contribution in [0.3, 0.4) is 0 Å². The van der Waals surface area contributed by atoms with E-state index in [1.165, 1.54) is 5.56 Å². The lowest BCUT2D eigenvalue weighted by Gasteiger charge is -2.24. The van der Waals surface area contributed by atoms with Gasteiger partial charge in [0.05, 0.1) is 18.2 Å². The SMILES string of the molecule is CCc1nc(C2COc3ccccc3C2)[nH]c(=O)c1C. The number of nitrogens with zero attached hydrogens (tertiary/aromatic N) is 1. The number of hydrogen-bond acceptors (Lipinski definition) is 3. The Bertz CT molecular complexity index is 691. The van der Waals surface area contributed by atoms with Crippen LogP contribution in [0.15, 0.2) is 29.1 Å². The number of para-hydroxylation sites is 1. The molecular weight excluding hydrogens is 252 g/mol. The molecule has 20 heavy (non-hydrogen) atoms. The van der Waals surface area contributed by atoms with Gasteiger partial charge in [-0.25, -0.2) is 4.98 Å². The second-order valence-corrected chi connectivity index (χ2v) is 5.20. The van der Waals surface area contributed by atoms with Gasteiger partial charge in [0, 0.05) is 5.56 Å². The Hall–Kier alpha value is -2.10. The molecule has 4 nitrogen and oxygen atoms in total. The maximum Gasteiger partial charge on any atom is 0.254 e. The van der Waals surface area contributed by atoms with E-state index in [2.05, 4.69) is 16.0 Å². The molecule has 0 fully saturated rings. The maximum absolute atomic E-state index is 12.0. The van der Waals surface area contributed by atoms with E-state index < -0.39 is 0 Å². The van der Waals surface area contributed by atoms with E-state index in [0.717, 1.165) is 30.1 Å². The molecule has 3 rings (SSSR count). The third kappa shape index (κ3) is 2.22. The van der Waals surface area contributed by atoms with Gasteiger partial charge in [0.2, 0.25) is 0 Å². The summed E-state index contributed by atoms with van der Waals surface area (Å²) in [5, 5.41) is 0. The summed E-state index contributed by atoms with van der Waals surface area (Å²) in [5.74, 6) is 1.80. The number of H-pyrrole nitrogens is 1. The second kappa shape index (κ2) is 5.12. The van der Waals surface area contributed by atoms with E-state index in [-0.39, 0.29) is 11.5 Å². The predicted octanol–water partition coefficient (Wildman–Crippen LogP) is 2.36. The Morgan fingerprint density at radius 2 is 2.20 bits per heavy atom. The topological polar surface area (TPSA) is 55.0 Å². The van der Waals surface area contributed by atoms with Gasteiger partial charge < -0.3 is 9.72 Å². The van der Waals surface area contributed by atoms with Gasteiger partial charge in [0.15, 0.2) is 0 Å². The number of aromatic nitrogens is 2. The van der Waals surface area contributed by atoms with E-state index in [1.807, 2.05) is 32.0 Å². The van der Waals surface area contributed by atoms with Gasteiger partial charge in [0.1, 0.15) is 11.6 Å². The number of hydrogen-bond donors (Lipinski definition) is 1. The van der Waals surface area contributed by atoms with Gasteiger partial charge in [-0.05, 0) is 31.4 Å². The lowest BCUT2D eigenvalue weighted by Crippen LogP contribution is -2.26. The Morgan fingerprint density at radius 1 is 1.40 bits per heavy atom. The fourth-order valence-electron chi connectivity index (χ4n) is 2.64. The zero-order valence-electron chi connectivity index (χ0n) is 11.8. The van der Waals surface area contributed by atoms with Crippen LogP contribution in [0.5, 0.6) is 5.75 Å². The molecule has 4 heteroatoms. The van der Waals surface area contributed by atoms with Crippen LogP contribution >= 0.6 is 0 Å². The third-order valence-electron chi connectivity index (χ3n) is 3.87. The van der Waals surface area contributed by atoms with Crippen molar-refractivity contribution in [1.29, 1.82) is 0 Å². The molecule has 0 saturated carbocycles. The molecule has 0 amide bonds. The molecule has 2 aromatic rings. The average molecular weight is 270 g/mol. The molecule has 0 bridgehead atoms. The van der Waals surface area contributed by atoms with Gasteiger partial charge in [-0.15, -0.1) is 0 Å². The molecule has 1 aromatic heterocycles. The van der Waals surface area contributed by atoms with Crippen molar-refractivity contribution in [1.82, 2.24) is 9.97 Å². The van der Waals surface area contributed by atoms with Crippen molar-refractivity contribution in [3.8, 4) is 5.75 Å². The maximum atomic E-state index is 12.0. The summed E-state index contributed by atoms with van der Waals surface area (Å²) >= 11 is 0. The van der Waals surface area contributed by atoms with Crippen molar-refractivity contribution in [2.24, 2.45) is 0 Å². The Balaban J connectivity index is 1.96. The van der Waals surface area contributed by atoms with Crippen LogP contribution in [-0.2, 0) is 12.8 Å². The standard InChI is InChI=1S/C16H18N2O2/c1-3-13-10(2)16(19)18-15(17-13)12-8-11-6-4-5-7-14(11)20-9-12/h4-7,12H,3,8-9H2,1-2H3,(H,17,18,19). The van der Waals surface area contributed by atoms with Crippen molar-refractivity contribution in [3.63, 3.8) is 0 Å². The second-order valence-electron chi connectivity index (χ2n) is 5.20. The molecule has 1 atom stereocenters. The van der Waals surface area contributed by atoms with Crippen LogP contribution < -0.4 is 10.3 Å². The minimum absolute atomic E-state index is 0.0364. The van der Waals surface area contributed by atoms with Crippen molar-refractivity contribution in [2.75, 3.05) is 6.61 Å². The number of aryl methyl sites for hydroxylation is 1. The van der Waals surface area contributed by atoms with Gasteiger partial charge in [-0.2, -0.15) is 0 Å². The highest BCUT2D eigenvalue weighted by Crippen LogP contribution is 2.30. The zero-order valence-corrected chi connectivity index (χ0v) is 11.8. The minimum atomic E-state index is -0.0364. The first-order valence-electron chi connectivity index (χ1n) is 6.99. The first-order chi connectivity index (χ1) is 9.69. The molecule has 1 aliphatic heterocycles. The van der Waals surface area contributed by atoms with Gasteiger partial charge in [-0.3, -0.25) is 4.79 Å². The number of aromatic amines is 1. The number of fused-ring (bicyclic) bond motifs is 1. The van der Waals surface area contributed by atoms with Crippen molar-refractivity contribution < 1.29 is 4.74 Å². The molecule has 0 saturated heterocycles. The Kier molecular flexibility index (Phi) is 3.30. The van der Waals surface area contributed by atoms with E-state index in [4.69, 9.17) is 4.74 Å². The summed E-state index contributed by atoms with van der Waals surface area (Å²) in [6, 6.07) is 8.02. The molecular formula is C16H18N2O2. The third-order valence-corrected chi connectivity index (χ3v) is 3.87. The number of rotatable bonds is 2. The fourth-order valence-corrected chi connectivity index (χ4v) is 2.64. The molecule has 0 spiro atoms. The quantitative estimate of drug-likeness (QED) is 0.911. The van der Waals surface area contributed by atoms with Crippen LogP contribution in [0.1, 0.15) is 35.5 Å². The molecule has 1 N–H and O–H groups in total. The molecule has 1 aliphatic rings. The largest absolute Gasteiger partial charge is 0.493 e. The first-order valence-corrected chi connectivity index (χ1v) is 6.99. The van der Waals surface area contributed by atoms with Crippen LogP contribution in [0.4, 0.5) is 0 Å². The van der Waals surface area contributed by atoms with Crippen LogP contribution in [0, 0.1) is 6.92 Å². The highest BCUT2D eigenvalue weighted by atomic mass is 16.5. The predicted molar refractivity (Wildman–Crippen MR) is 77.4 cm³/mol. The van der Waals surface area contributed by atoms with Crippen LogP contribution in [0.25, 0.3) is 0 Å². The van der Waals surface area contributed by atoms with Crippen molar-refractivity contribution in [3.05, 3.63) is 57.3 Å². The normalized spacial score (nSPS) is 17.4. The summed E-state index contributed by atoms with van der Waals surface area (Å²) in [4.78, 5) is 19.5. The fraction of sp³-hybridized carbons (Fsp3) is 0.375. The summed E-state index contributed by atoms with van der Waals surface area (Å²) in [5.41, 5.74) is 2.73. The number of ether oxygens (including phenoxy) is 1. The smallest absolute Gasteiger partial charge is 0.254 e. The molecule has 1 unspecified atom stereocenters. The monoisotopic (exact) mass is 270 g/mol. The molecule has 104 valence electrons. The van der Waals surface area contributed by atoms with E-state index >= 15 is 0 Å². The molecule has 0 radical (unpaired) electrons. The van der Waals surface area contributed by atoms with Gasteiger partial charge in [0.25, 0.3) is 5.56 Å². The average Bonchev–Trinajstić information content (AvgIpc) is 2.49. The summed E-state index contributed by atoms with van der Waals surface area (Å²) < 4.78 is 5.77. The van der Waals surface area contributed by atoms with E-state index in [0.29, 0.717) is 12.2 Å². The van der Waals surface area contributed by atoms with Crippen LogP contribution in [0.2, 0.25) is 0 Å². The number of nitrogens with one attached hydrogen (secondary N) is 1. The zero-order chi connectivity index (χ0) is 14.1. The molecule has 0 aliphatic carbocycles. The van der Waals surface area contributed by atoms with Gasteiger partial charge in [-0.1, -0.05) is 25.1 Å². The van der Waals surface area contributed by atoms with Crippen molar-refractivity contribution >= 4 is 0 Å². The first kappa shape index (κ1) is 12.9. The lowest BCUT2D eigenvalue weighted by atomic mass is 9.96.